The molecular weight excluding hydrogens is 370 g/mol. The van der Waals surface area contributed by atoms with E-state index >= 15 is 0 Å². The van der Waals surface area contributed by atoms with Gasteiger partial charge < -0.3 is 20.3 Å². The van der Waals surface area contributed by atoms with Gasteiger partial charge in [-0.1, -0.05) is 25.0 Å². The lowest BCUT2D eigenvalue weighted by molar-refractivity contribution is -0.150. The largest absolute Gasteiger partial charge is 0.464 e. The molecule has 2 heterocycles. The Kier molecular flexibility index (Phi) is 7.33. The molecule has 1 saturated carbocycles. The second-order valence-corrected chi connectivity index (χ2v) is 8.59. The molecule has 1 saturated heterocycles. The number of allylic oxidation sites excluding steroid dienone is 1. The molecule has 2 aliphatic heterocycles. The standard InChI is InChI=1S/C22H35N3O4/c1-3-29-21(28)22-13-17(22)10-8-6-4-5-7-9-11-19(26)25-15-16(14-23-2)12-18(25)20(27)24-22/h8,10,16-18,23H,3-7,9,11-15H2,1-2H3,(H,24,27)/b10-8-/t16-,17+,18-,22+/m0/s1. The summed E-state index contributed by atoms with van der Waals surface area (Å²) >= 11 is 0. The van der Waals surface area contributed by atoms with Crippen LogP contribution in [0.25, 0.3) is 0 Å². The summed E-state index contributed by atoms with van der Waals surface area (Å²) in [6.07, 6.45) is 10.9. The summed E-state index contributed by atoms with van der Waals surface area (Å²) in [5, 5.41) is 6.15. The van der Waals surface area contributed by atoms with Crippen LogP contribution < -0.4 is 10.6 Å². The molecule has 2 fully saturated rings. The van der Waals surface area contributed by atoms with E-state index in [2.05, 4.69) is 22.8 Å². The lowest BCUT2D eigenvalue weighted by Crippen LogP contribution is -2.53. The molecule has 162 valence electrons. The summed E-state index contributed by atoms with van der Waals surface area (Å²) in [6, 6.07) is -0.512. The fourth-order valence-corrected chi connectivity index (χ4v) is 4.69. The summed E-state index contributed by atoms with van der Waals surface area (Å²) in [5.74, 6) is -0.332. The zero-order valence-corrected chi connectivity index (χ0v) is 17.7. The highest BCUT2D eigenvalue weighted by molar-refractivity contribution is 5.95. The molecule has 7 heteroatoms. The fraction of sp³-hybridized carbons (Fsp3) is 0.773. The Hall–Kier alpha value is -1.89. The number of rotatable bonds is 4. The molecule has 4 atom stereocenters. The van der Waals surface area contributed by atoms with Gasteiger partial charge in [0.2, 0.25) is 11.8 Å². The van der Waals surface area contributed by atoms with Gasteiger partial charge in [0.25, 0.3) is 0 Å². The van der Waals surface area contributed by atoms with Gasteiger partial charge >= 0.3 is 5.97 Å². The Morgan fingerprint density at radius 2 is 2.10 bits per heavy atom. The van der Waals surface area contributed by atoms with Gasteiger partial charge in [-0.25, -0.2) is 4.79 Å². The molecule has 7 nitrogen and oxygen atoms in total. The summed E-state index contributed by atoms with van der Waals surface area (Å²) in [7, 11) is 1.88. The van der Waals surface area contributed by atoms with Crippen molar-refractivity contribution in [2.75, 3.05) is 26.7 Å². The van der Waals surface area contributed by atoms with E-state index in [1.165, 1.54) is 0 Å². The van der Waals surface area contributed by atoms with Gasteiger partial charge in [-0.15, -0.1) is 0 Å². The topological polar surface area (TPSA) is 87.7 Å². The lowest BCUT2D eigenvalue weighted by atomic mass is 10.0. The molecule has 3 aliphatic rings. The van der Waals surface area contributed by atoms with Crippen molar-refractivity contribution in [3.05, 3.63) is 12.2 Å². The first-order chi connectivity index (χ1) is 14.0. The zero-order valence-electron chi connectivity index (χ0n) is 17.7. The first-order valence-electron chi connectivity index (χ1n) is 11.1. The Balaban J connectivity index is 1.81. The molecule has 0 bridgehead atoms. The summed E-state index contributed by atoms with van der Waals surface area (Å²) < 4.78 is 5.28. The number of esters is 1. The number of hydrogen-bond donors (Lipinski definition) is 2. The molecule has 3 rings (SSSR count). The van der Waals surface area contributed by atoms with E-state index in [0.29, 0.717) is 25.8 Å². The second kappa shape index (κ2) is 9.74. The van der Waals surface area contributed by atoms with Crippen molar-refractivity contribution in [3.8, 4) is 0 Å². The molecule has 0 aromatic heterocycles. The van der Waals surface area contributed by atoms with Crippen LogP contribution in [0.5, 0.6) is 0 Å². The fourth-order valence-electron chi connectivity index (χ4n) is 4.69. The summed E-state index contributed by atoms with van der Waals surface area (Å²) in [5.41, 5.74) is -0.973. The normalized spacial score (nSPS) is 34.3. The number of amides is 2. The van der Waals surface area contributed by atoms with Gasteiger partial charge in [-0.05, 0) is 58.5 Å². The maximum absolute atomic E-state index is 13.2. The minimum absolute atomic E-state index is 0.0331. The van der Waals surface area contributed by atoms with Crippen molar-refractivity contribution >= 4 is 17.8 Å². The Labute approximate surface area is 173 Å². The second-order valence-electron chi connectivity index (χ2n) is 8.59. The van der Waals surface area contributed by atoms with E-state index in [4.69, 9.17) is 4.74 Å². The third kappa shape index (κ3) is 5.00. The molecule has 0 spiro atoms. The van der Waals surface area contributed by atoms with E-state index in [1.54, 1.807) is 11.8 Å². The smallest absolute Gasteiger partial charge is 0.332 e. The molecule has 2 N–H and O–H groups in total. The molecule has 1 aliphatic carbocycles. The van der Waals surface area contributed by atoms with Crippen LogP contribution in [0.15, 0.2) is 12.2 Å². The average Bonchev–Trinajstić information content (AvgIpc) is 3.21. The SMILES string of the molecule is CCOC(=O)[C@@]12C[C@H]1/C=C\CCCCCCC(=O)N1C[C@H](CNC)C[C@H]1C(=O)N2. The number of ether oxygens (including phenoxy) is 1. The van der Waals surface area contributed by atoms with E-state index in [9.17, 15) is 14.4 Å². The van der Waals surface area contributed by atoms with Gasteiger partial charge in [0.1, 0.15) is 11.6 Å². The number of carbonyl (C=O) groups is 3. The predicted molar refractivity (Wildman–Crippen MR) is 110 cm³/mol. The van der Waals surface area contributed by atoms with Crippen molar-refractivity contribution in [1.82, 2.24) is 15.5 Å². The van der Waals surface area contributed by atoms with Crippen molar-refractivity contribution < 1.29 is 19.1 Å². The zero-order chi connectivity index (χ0) is 20.9. The maximum Gasteiger partial charge on any atom is 0.332 e. The molecular formula is C22H35N3O4. The van der Waals surface area contributed by atoms with Gasteiger partial charge in [-0.3, -0.25) is 9.59 Å². The number of fused-ring (bicyclic) bond motifs is 2. The quantitative estimate of drug-likeness (QED) is 0.550. The van der Waals surface area contributed by atoms with E-state index < -0.39 is 11.6 Å². The maximum atomic E-state index is 13.2. The average molecular weight is 406 g/mol. The minimum atomic E-state index is -0.973. The number of hydrogen-bond acceptors (Lipinski definition) is 5. The predicted octanol–water partition coefficient (Wildman–Crippen LogP) is 1.77. The first kappa shape index (κ1) is 21.8. The van der Waals surface area contributed by atoms with Gasteiger partial charge in [-0.2, -0.15) is 0 Å². The summed E-state index contributed by atoms with van der Waals surface area (Å²) in [6.45, 7) is 3.41. The van der Waals surface area contributed by atoms with Crippen LogP contribution in [0.4, 0.5) is 0 Å². The van der Waals surface area contributed by atoms with Crippen LogP contribution in [-0.4, -0.2) is 61.0 Å². The highest BCUT2D eigenvalue weighted by Crippen LogP contribution is 2.46. The van der Waals surface area contributed by atoms with Gasteiger partial charge in [0.15, 0.2) is 0 Å². The number of carbonyl (C=O) groups excluding carboxylic acids is 3. The molecule has 0 unspecified atom stereocenters. The number of nitrogens with zero attached hydrogens (tertiary/aromatic N) is 1. The monoisotopic (exact) mass is 405 g/mol. The van der Waals surface area contributed by atoms with Gasteiger partial charge in [0.05, 0.1) is 6.61 Å². The molecule has 2 amide bonds. The third-order valence-corrected chi connectivity index (χ3v) is 6.38. The third-order valence-electron chi connectivity index (χ3n) is 6.38. The van der Waals surface area contributed by atoms with Crippen molar-refractivity contribution in [3.63, 3.8) is 0 Å². The highest BCUT2D eigenvalue weighted by atomic mass is 16.5. The van der Waals surface area contributed by atoms with Crippen LogP contribution in [0.1, 0.15) is 58.3 Å². The Bertz CT molecular complexity index is 650. The minimum Gasteiger partial charge on any atom is -0.464 e. The lowest BCUT2D eigenvalue weighted by Gasteiger charge is -2.26. The van der Waals surface area contributed by atoms with Crippen molar-refractivity contribution in [2.24, 2.45) is 11.8 Å². The summed E-state index contributed by atoms with van der Waals surface area (Å²) in [4.78, 5) is 40.5. The Morgan fingerprint density at radius 1 is 1.31 bits per heavy atom. The first-order valence-corrected chi connectivity index (χ1v) is 11.1. The van der Waals surface area contributed by atoms with Crippen molar-refractivity contribution in [2.45, 2.75) is 69.9 Å². The number of nitrogens with one attached hydrogen (secondary N) is 2. The molecule has 0 aromatic carbocycles. The molecule has 0 aromatic rings. The Morgan fingerprint density at radius 3 is 2.86 bits per heavy atom. The van der Waals surface area contributed by atoms with Crippen molar-refractivity contribution in [1.29, 1.82) is 0 Å². The van der Waals surface area contributed by atoms with Gasteiger partial charge in [0, 0.05) is 18.9 Å². The molecule has 29 heavy (non-hydrogen) atoms. The van der Waals surface area contributed by atoms with Crippen LogP contribution >= 0.6 is 0 Å². The van der Waals surface area contributed by atoms with Crippen LogP contribution in [0.2, 0.25) is 0 Å². The van der Waals surface area contributed by atoms with E-state index in [0.717, 1.165) is 38.6 Å². The molecule has 0 radical (unpaired) electrons. The van der Waals surface area contributed by atoms with E-state index in [-0.39, 0.29) is 36.2 Å². The van der Waals surface area contributed by atoms with Crippen LogP contribution in [0.3, 0.4) is 0 Å². The van der Waals surface area contributed by atoms with E-state index in [1.807, 2.05) is 7.05 Å². The van der Waals surface area contributed by atoms with Crippen LogP contribution in [-0.2, 0) is 19.1 Å². The highest BCUT2D eigenvalue weighted by Gasteiger charge is 2.62. The van der Waals surface area contributed by atoms with Crippen LogP contribution in [0, 0.1) is 11.8 Å².